The molecular formula is C10H10Cl2O2. The molecule has 0 atom stereocenters. The smallest absolute Gasteiger partial charge is 0.126 e. The van der Waals surface area contributed by atoms with E-state index in [-0.39, 0.29) is 6.61 Å². The molecule has 0 saturated carbocycles. The fourth-order valence-electron chi connectivity index (χ4n) is 1.00. The van der Waals surface area contributed by atoms with Crippen molar-refractivity contribution in [3.05, 3.63) is 40.4 Å². The third-order valence-electron chi connectivity index (χ3n) is 1.66. The summed E-state index contributed by atoms with van der Waals surface area (Å²) in [5.41, 5.74) is 1.97. The maximum atomic E-state index is 9.05. The maximum Gasteiger partial charge on any atom is 0.126 e. The molecule has 0 fully saturated rings. The average Bonchev–Trinajstić information content (AvgIpc) is 2.18. The molecule has 0 aliphatic carbocycles. The van der Waals surface area contributed by atoms with E-state index < -0.39 is 0 Å². The highest BCUT2D eigenvalue weighted by Gasteiger charge is 2.05. The number of hydrogen-bond donors (Lipinski definition) is 1. The molecule has 14 heavy (non-hydrogen) atoms. The van der Waals surface area contributed by atoms with Gasteiger partial charge in [0.15, 0.2) is 0 Å². The van der Waals surface area contributed by atoms with E-state index in [0.29, 0.717) is 22.9 Å². The SMILES string of the molecule is OCc1c(Cl)cccc1OC/C=C/Cl. The highest BCUT2D eigenvalue weighted by atomic mass is 35.5. The van der Waals surface area contributed by atoms with Crippen molar-refractivity contribution in [1.29, 1.82) is 0 Å². The number of hydrogen-bond acceptors (Lipinski definition) is 2. The first-order chi connectivity index (χ1) is 6.79. The van der Waals surface area contributed by atoms with E-state index in [2.05, 4.69) is 0 Å². The van der Waals surface area contributed by atoms with Gasteiger partial charge in [-0.25, -0.2) is 0 Å². The number of benzene rings is 1. The summed E-state index contributed by atoms with van der Waals surface area (Å²) in [5, 5.41) is 9.55. The molecule has 1 rings (SSSR count). The molecule has 0 amide bonds. The van der Waals surface area contributed by atoms with Gasteiger partial charge in [0.2, 0.25) is 0 Å². The fourth-order valence-corrected chi connectivity index (χ4v) is 1.30. The number of rotatable bonds is 4. The van der Waals surface area contributed by atoms with E-state index in [9.17, 15) is 0 Å². The second kappa shape index (κ2) is 5.91. The molecule has 0 bridgehead atoms. The molecular weight excluding hydrogens is 223 g/mol. The Morgan fingerprint density at radius 3 is 2.86 bits per heavy atom. The maximum absolute atomic E-state index is 9.05. The van der Waals surface area contributed by atoms with Gasteiger partial charge in [-0.2, -0.15) is 0 Å². The molecule has 4 heteroatoms. The molecule has 0 aliphatic rings. The van der Waals surface area contributed by atoms with Crippen LogP contribution in [0.25, 0.3) is 0 Å². The van der Waals surface area contributed by atoms with Crippen LogP contribution in [0, 0.1) is 0 Å². The van der Waals surface area contributed by atoms with Crippen LogP contribution in [0.3, 0.4) is 0 Å². The van der Waals surface area contributed by atoms with Crippen molar-refractivity contribution in [3.63, 3.8) is 0 Å². The minimum atomic E-state index is -0.139. The molecule has 76 valence electrons. The fraction of sp³-hybridized carbons (Fsp3) is 0.200. The summed E-state index contributed by atoms with van der Waals surface area (Å²) >= 11 is 11.2. The van der Waals surface area contributed by atoms with Crippen LogP contribution < -0.4 is 4.74 Å². The number of aliphatic hydroxyl groups is 1. The van der Waals surface area contributed by atoms with Crippen LogP contribution in [0.5, 0.6) is 5.75 Å². The van der Waals surface area contributed by atoms with Crippen molar-refractivity contribution in [2.45, 2.75) is 6.61 Å². The molecule has 2 nitrogen and oxygen atoms in total. The van der Waals surface area contributed by atoms with Gasteiger partial charge in [0.1, 0.15) is 12.4 Å². The molecule has 0 saturated heterocycles. The van der Waals surface area contributed by atoms with Gasteiger partial charge in [-0.05, 0) is 18.2 Å². The Morgan fingerprint density at radius 2 is 2.21 bits per heavy atom. The molecule has 1 aromatic rings. The quantitative estimate of drug-likeness (QED) is 0.866. The van der Waals surface area contributed by atoms with Gasteiger partial charge < -0.3 is 9.84 Å². The van der Waals surface area contributed by atoms with Gasteiger partial charge >= 0.3 is 0 Å². The summed E-state index contributed by atoms with van der Waals surface area (Å²) in [6.45, 7) is 0.219. The molecule has 1 N–H and O–H groups in total. The van der Waals surface area contributed by atoms with Crippen LogP contribution in [0.4, 0.5) is 0 Å². The topological polar surface area (TPSA) is 29.5 Å². The van der Waals surface area contributed by atoms with Crippen molar-refractivity contribution in [2.24, 2.45) is 0 Å². The Morgan fingerprint density at radius 1 is 1.43 bits per heavy atom. The summed E-state index contributed by atoms with van der Waals surface area (Å²) in [5.74, 6) is 0.578. The highest BCUT2D eigenvalue weighted by molar-refractivity contribution is 6.31. The van der Waals surface area contributed by atoms with Crippen molar-refractivity contribution in [2.75, 3.05) is 6.61 Å². The molecule has 0 unspecified atom stereocenters. The van der Waals surface area contributed by atoms with Gasteiger partial charge in [-0.1, -0.05) is 29.3 Å². The predicted molar refractivity (Wildman–Crippen MR) is 57.9 cm³/mol. The Labute approximate surface area is 92.7 Å². The van der Waals surface area contributed by atoms with Crippen molar-refractivity contribution < 1.29 is 9.84 Å². The summed E-state index contributed by atoms with van der Waals surface area (Å²) in [6.07, 6.45) is 1.66. The summed E-state index contributed by atoms with van der Waals surface area (Å²) in [7, 11) is 0. The third kappa shape index (κ3) is 2.91. The first-order valence-electron chi connectivity index (χ1n) is 4.06. The number of halogens is 2. The Kier molecular flexibility index (Phi) is 4.80. The van der Waals surface area contributed by atoms with Gasteiger partial charge in [0, 0.05) is 16.1 Å². The summed E-state index contributed by atoms with van der Waals surface area (Å²) in [6, 6.07) is 5.22. The minimum Gasteiger partial charge on any atom is -0.489 e. The van der Waals surface area contributed by atoms with Gasteiger partial charge in [0.25, 0.3) is 0 Å². The highest BCUT2D eigenvalue weighted by Crippen LogP contribution is 2.26. The monoisotopic (exact) mass is 232 g/mol. The molecule has 1 aromatic carbocycles. The van der Waals surface area contributed by atoms with E-state index in [4.69, 9.17) is 33.0 Å². The molecule has 0 heterocycles. The van der Waals surface area contributed by atoms with E-state index in [1.54, 1.807) is 24.3 Å². The molecule has 0 spiro atoms. The standard InChI is InChI=1S/C10H10Cl2O2/c11-5-2-6-14-10-4-1-3-9(12)8(10)7-13/h1-5,13H,6-7H2/b5-2+. The summed E-state index contributed by atoms with van der Waals surface area (Å²) in [4.78, 5) is 0. The van der Waals surface area contributed by atoms with Crippen LogP contribution in [-0.4, -0.2) is 11.7 Å². The zero-order chi connectivity index (χ0) is 10.4. The van der Waals surface area contributed by atoms with Crippen molar-refractivity contribution in [3.8, 4) is 5.75 Å². The van der Waals surface area contributed by atoms with Crippen LogP contribution in [0.15, 0.2) is 29.8 Å². The lowest BCUT2D eigenvalue weighted by Crippen LogP contribution is -1.98. The number of ether oxygens (including phenoxy) is 1. The second-order valence-electron chi connectivity index (χ2n) is 2.55. The first kappa shape index (κ1) is 11.4. The van der Waals surface area contributed by atoms with Crippen LogP contribution in [0.2, 0.25) is 5.02 Å². The first-order valence-corrected chi connectivity index (χ1v) is 4.87. The van der Waals surface area contributed by atoms with Crippen molar-refractivity contribution in [1.82, 2.24) is 0 Å². The zero-order valence-electron chi connectivity index (χ0n) is 7.41. The van der Waals surface area contributed by atoms with Crippen molar-refractivity contribution >= 4 is 23.2 Å². The molecule has 0 aliphatic heterocycles. The second-order valence-corrected chi connectivity index (χ2v) is 3.21. The van der Waals surface area contributed by atoms with Gasteiger partial charge in [-0.3, -0.25) is 0 Å². The average molecular weight is 233 g/mol. The lowest BCUT2D eigenvalue weighted by atomic mass is 10.2. The van der Waals surface area contributed by atoms with E-state index in [1.165, 1.54) is 5.54 Å². The van der Waals surface area contributed by atoms with Crippen LogP contribution in [-0.2, 0) is 6.61 Å². The lowest BCUT2D eigenvalue weighted by Gasteiger charge is -2.09. The third-order valence-corrected chi connectivity index (χ3v) is 2.19. The largest absolute Gasteiger partial charge is 0.489 e. The Bertz CT molecular complexity index is 324. The van der Waals surface area contributed by atoms with Crippen LogP contribution in [0.1, 0.15) is 5.56 Å². The van der Waals surface area contributed by atoms with E-state index >= 15 is 0 Å². The van der Waals surface area contributed by atoms with Crippen LogP contribution >= 0.6 is 23.2 Å². The summed E-state index contributed by atoms with van der Waals surface area (Å²) < 4.78 is 5.33. The zero-order valence-corrected chi connectivity index (χ0v) is 8.92. The Hall–Kier alpha value is -0.700. The van der Waals surface area contributed by atoms with E-state index in [1.807, 2.05) is 0 Å². The van der Waals surface area contributed by atoms with Gasteiger partial charge in [-0.15, -0.1) is 0 Å². The van der Waals surface area contributed by atoms with E-state index in [0.717, 1.165) is 0 Å². The number of aliphatic hydroxyl groups excluding tert-OH is 1. The van der Waals surface area contributed by atoms with Gasteiger partial charge in [0.05, 0.1) is 6.61 Å². The normalized spacial score (nSPS) is 10.8. The lowest BCUT2D eigenvalue weighted by molar-refractivity contribution is 0.270. The minimum absolute atomic E-state index is 0.139. The molecule has 0 aromatic heterocycles. The molecule has 0 radical (unpaired) electrons. The predicted octanol–water partition coefficient (Wildman–Crippen LogP) is 2.96. The Balaban J connectivity index is 2.79.